The Morgan fingerprint density at radius 1 is 0.766 bits per heavy atom. The molecule has 0 saturated heterocycles. The molecule has 0 aliphatic rings. The van der Waals surface area contributed by atoms with Crippen LogP contribution in [0.3, 0.4) is 0 Å². The van der Waals surface area contributed by atoms with E-state index in [1.165, 1.54) is 23.1 Å². The number of anilines is 2. The fourth-order valence-corrected chi connectivity index (χ4v) is 7.05. The van der Waals surface area contributed by atoms with Gasteiger partial charge < -0.3 is 16.0 Å². The molecule has 0 aliphatic carbocycles. The summed E-state index contributed by atoms with van der Waals surface area (Å²) < 4.78 is 1.83. The summed E-state index contributed by atoms with van der Waals surface area (Å²) >= 11 is 6.24. The zero-order valence-electron chi connectivity index (χ0n) is 24.7. The number of nitrogens with one attached hydrogen (secondary N) is 3. The van der Waals surface area contributed by atoms with E-state index in [1.54, 1.807) is 42.5 Å². The standard InChI is InChI=1S/C37H27BrN4O3S2/c38-27-16-9-11-24(21-27)22-31(40-34(43)26-14-5-2-6-15-26)35(44)39-28-17-10-18-29(23-28)46-33(25-12-3-1-4-13-25)36(45)42-37-41-30-19-7-8-20-32(30)47-37/h1-23,33H,(H,39,44)(H,40,43)(H,41,42,45)/b31-22+. The largest absolute Gasteiger partial charge is 0.321 e. The van der Waals surface area contributed by atoms with Gasteiger partial charge in [-0.25, -0.2) is 4.98 Å². The Kier molecular flexibility index (Phi) is 10.2. The van der Waals surface area contributed by atoms with Gasteiger partial charge in [-0.1, -0.05) is 106 Å². The second kappa shape index (κ2) is 15.0. The van der Waals surface area contributed by atoms with Gasteiger partial charge in [0.1, 0.15) is 10.9 Å². The van der Waals surface area contributed by atoms with Crippen molar-refractivity contribution in [2.45, 2.75) is 10.1 Å². The number of hydrogen-bond donors (Lipinski definition) is 3. The molecule has 0 aliphatic heterocycles. The minimum absolute atomic E-state index is 0.0763. The Labute approximate surface area is 288 Å². The lowest BCUT2D eigenvalue weighted by atomic mass is 10.1. The average molecular weight is 720 g/mol. The number of thiazole rings is 1. The number of thioether (sulfide) groups is 1. The van der Waals surface area contributed by atoms with E-state index < -0.39 is 17.1 Å². The highest BCUT2D eigenvalue weighted by Gasteiger charge is 2.24. The van der Waals surface area contributed by atoms with Gasteiger partial charge in [-0.15, -0.1) is 11.8 Å². The van der Waals surface area contributed by atoms with Gasteiger partial charge in [0.15, 0.2) is 5.13 Å². The third kappa shape index (κ3) is 8.42. The van der Waals surface area contributed by atoms with Crippen molar-refractivity contribution in [2.24, 2.45) is 0 Å². The molecule has 7 nitrogen and oxygen atoms in total. The lowest BCUT2D eigenvalue weighted by Crippen LogP contribution is -2.30. The molecule has 6 aromatic rings. The van der Waals surface area contributed by atoms with Crippen LogP contribution in [-0.4, -0.2) is 22.7 Å². The monoisotopic (exact) mass is 718 g/mol. The van der Waals surface area contributed by atoms with Crippen LogP contribution < -0.4 is 16.0 Å². The number of fused-ring (bicyclic) bond motifs is 1. The maximum atomic E-state index is 13.7. The number of hydrogen-bond acceptors (Lipinski definition) is 6. The minimum atomic E-state index is -0.591. The fourth-order valence-electron chi connectivity index (χ4n) is 4.68. The van der Waals surface area contributed by atoms with Gasteiger partial charge in [0.2, 0.25) is 5.91 Å². The summed E-state index contributed by atoms with van der Waals surface area (Å²) in [7, 11) is 0. The molecule has 1 aromatic heterocycles. The minimum Gasteiger partial charge on any atom is -0.321 e. The molecule has 1 heterocycles. The highest BCUT2D eigenvalue weighted by molar-refractivity contribution is 9.10. The van der Waals surface area contributed by atoms with E-state index in [-0.39, 0.29) is 11.6 Å². The number of amides is 3. The van der Waals surface area contributed by atoms with Crippen LogP contribution in [0.15, 0.2) is 149 Å². The van der Waals surface area contributed by atoms with Gasteiger partial charge >= 0.3 is 0 Å². The molecule has 1 unspecified atom stereocenters. The summed E-state index contributed by atoms with van der Waals surface area (Å²) in [5.74, 6) is -1.11. The quantitative estimate of drug-likeness (QED) is 0.0970. The first kappa shape index (κ1) is 31.9. The van der Waals surface area contributed by atoms with E-state index >= 15 is 0 Å². The Hall–Kier alpha value is -5.03. The van der Waals surface area contributed by atoms with Crippen LogP contribution in [0.25, 0.3) is 16.3 Å². The smallest absolute Gasteiger partial charge is 0.272 e. The number of benzene rings is 5. The molecule has 232 valence electrons. The number of halogens is 1. The van der Waals surface area contributed by atoms with Crippen LogP contribution >= 0.6 is 39.0 Å². The van der Waals surface area contributed by atoms with E-state index in [9.17, 15) is 14.4 Å². The number of carbonyl (C=O) groups excluding carboxylic acids is 3. The molecule has 0 spiro atoms. The van der Waals surface area contributed by atoms with E-state index in [0.717, 1.165) is 30.7 Å². The Balaban J connectivity index is 1.23. The Bertz CT molecular complexity index is 2050. The highest BCUT2D eigenvalue weighted by atomic mass is 79.9. The van der Waals surface area contributed by atoms with Crippen molar-refractivity contribution in [2.75, 3.05) is 10.6 Å². The number of rotatable bonds is 10. The van der Waals surface area contributed by atoms with Crippen molar-refractivity contribution < 1.29 is 14.4 Å². The van der Waals surface area contributed by atoms with Gasteiger partial charge in [0, 0.05) is 20.6 Å². The maximum Gasteiger partial charge on any atom is 0.272 e. The van der Waals surface area contributed by atoms with Crippen molar-refractivity contribution >= 4 is 83.9 Å². The van der Waals surface area contributed by atoms with Gasteiger partial charge in [-0.05, 0) is 71.8 Å². The first-order valence-electron chi connectivity index (χ1n) is 14.5. The van der Waals surface area contributed by atoms with Gasteiger partial charge in [0.25, 0.3) is 11.8 Å². The zero-order valence-corrected chi connectivity index (χ0v) is 27.9. The SMILES string of the molecule is O=C(Nc1cccc(SC(C(=O)Nc2nc3ccccc3s2)c2ccccc2)c1)/C(=C\c1cccc(Br)c1)NC(=O)c1ccccc1. The molecule has 0 radical (unpaired) electrons. The van der Waals surface area contributed by atoms with Gasteiger partial charge in [-0.2, -0.15) is 0 Å². The molecular weight excluding hydrogens is 692 g/mol. The molecule has 1 atom stereocenters. The average Bonchev–Trinajstić information content (AvgIpc) is 3.50. The van der Waals surface area contributed by atoms with E-state index in [0.29, 0.717) is 16.4 Å². The van der Waals surface area contributed by atoms with Gasteiger partial charge in [-0.3, -0.25) is 14.4 Å². The number of para-hydroxylation sites is 1. The lowest BCUT2D eigenvalue weighted by molar-refractivity contribution is -0.116. The lowest BCUT2D eigenvalue weighted by Gasteiger charge is -2.17. The predicted molar refractivity (Wildman–Crippen MR) is 194 cm³/mol. The first-order chi connectivity index (χ1) is 22.9. The Morgan fingerprint density at radius 3 is 2.26 bits per heavy atom. The maximum absolute atomic E-state index is 13.7. The molecule has 47 heavy (non-hydrogen) atoms. The Morgan fingerprint density at radius 2 is 1.49 bits per heavy atom. The second-order valence-electron chi connectivity index (χ2n) is 10.3. The summed E-state index contributed by atoms with van der Waals surface area (Å²) in [6.45, 7) is 0. The van der Waals surface area contributed by atoms with Crippen molar-refractivity contribution in [1.29, 1.82) is 0 Å². The van der Waals surface area contributed by atoms with E-state index in [2.05, 4.69) is 36.9 Å². The van der Waals surface area contributed by atoms with E-state index in [4.69, 9.17) is 0 Å². The summed E-state index contributed by atoms with van der Waals surface area (Å²) in [5.41, 5.74) is 3.39. The fraction of sp³-hybridized carbons (Fsp3) is 0.0270. The topological polar surface area (TPSA) is 100 Å². The molecule has 0 fully saturated rings. The highest BCUT2D eigenvalue weighted by Crippen LogP contribution is 2.38. The number of aromatic nitrogens is 1. The summed E-state index contributed by atoms with van der Waals surface area (Å²) in [6.07, 6.45) is 1.62. The zero-order chi connectivity index (χ0) is 32.6. The third-order valence-electron chi connectivity index (χ3n) is 6.90. The summed E-state index contributed by atoms with van der Waals surface area (Å²) in [4.78, 5) is 45.7. The second-order valence-corrected chi connectivity index (χ2v) is 13.4. The van der Waals surface area contributed by atoms with Crippen LogP contribution in [-0.2, 0) is 9.59 Å². The van der Waals surface area contributed by atoms with Crippen LogP contribution in [0.2, 0.25) is 0 Å². The molecule has 10 heteroatoms. The molecule has 0 bridgehead atoms. The van der Waals surface area contributed by atoms with Crippen molar-refractivity contribution in [3.63, 3.8) is 0 Å². The normalized spacial score (nSPS) is 11.9. The third-order valence-corrected chi connectivity index (χ3v) is 9.59. The van der Waals surface area contributed by atoms with Crippen molar-refractivity contribution in [3.8, 4) is 0 Å². The van der Waals surface area contributed by atoms with Crippen LogP contribution in [0.4, 0.5) is 10.8 Å². The van der Waals surface area contributed by atoms with Crippen LogP contribution in [0.5, 0.6) is 0 Å². The van der Waals surface area contributed by atoms with E-state index in [1.807, 2.05) is 97.1 Å². The number of nitrogens with zero attached hydrogens (tertiary/aromatic N) is 1. The summed E-state index contributed by atoms with van der Waals surface area (Å²) in [6, 6.07) is 40.6. The molecule has 3 N–H and O–H groups in total. The molecule has 0 saturated carbocycles. The summed E-state index contributed by atoms with van der Waals surface area (Å²) in [5, 5.41) is 8.62. The number of carbonyl (C=O) groups is 3. The predicted octanol–water partition coefficient (Wildman–Crippen LogP) is 8.94. The molecule has 6 rings (SSSR count). The molecule has 5 aromatic carbocycles. The van der Waals surface area contributed by atoms with Crippen molar-refractivity contribution in [3.05, 3.63) is 160 Å². The van der Waals surface area contributed by atoms with Crippen molar-refractivity contribution in [1.82, 2.24) is 10.3 Å². The van der Waals surface area contributed by atoms with Crippen LogP contribution in [0, 0.1) is 0 Å². The molecule has 3 amide bonds. The van der Waals surface area contributed by atoms with Gasteiger partial charge in [0.05, 0.1) is 10.2 Å². The molecular formula is C37H27BrN4O3S2. The first-order valence-corrected chi connectivity index (χ1v) is 17.0. The van der Waals surface area contributed by atoms with Crippen LogP contribution in [0.1, 0.15) is 26.7 Å².